The van der Waals surface area contributed by atoms with Crippen LogP contribution >= 0.6 is 0 Å². The van der Waals surface area contributed by atoms with Crippen LogP contribution in [-0.2, 0) is 0 Å². The number of H-pyrrole nitrogens is 1. The first-order chi connectivity index (χ1) is 10.2. The molecule has 5 heteroatoms. The Hall–Kier alpha value is -3.08. The molecular weight excluding hydrogens is 266 g/mol. The lowest BCUT2D eigenvalue weighted by Gasteiger charge is -2.01. The van der Waals surface area contributed by atoms with Crippen molar-refractivity contribution >= 4 is 23.0 Å². The van der Waals surface area contributed by atoms with E-state index in [9.17, 15) is 9.90 Å². The number of phenols is 1. The van der Waals surface area contributed by atoms with Crippen LogP contribution in [0.5, 0.6) is 5.75 Å². The van der Waals surface area contributed by atoms with Gasteiger partial charge in [0.15, 0.2) is 0 Å². The molecule has 1 aromatic heterocycles. The zero-order valence-electron chi connectivity index (χ0n) is 11.1. The van der Waals surface area contributed by atoms with Gasteiger partial charge < -0.3 is 10.1 Å². The van der Waals surface area contributed by atoms with Gasteiger partial charge in [0.05, 0.1) is 17.3 Å². The molecule has 3 rings (SSSR count). The zero-order valence-corrected chi connectivity index (χ0v) is 11.1. The van der Waals surface area contributed by atoms with E-state index < -0.39 is 0 Å². The third-order valence-electron chi connectivity index (χ3n) is 3.10. The number of aromatic hydroxyl groups is 1. The van der Waals surface area contributed by atoms with E-state index >= 15 is 0 Å². The number of hydrogen-bond donors (Lipinski definition) is 3. The first-order valence-corrected chi connectivity index (χ1v) is 6.42. The third-order valence-corrected chi connectivity index (χ3v) is 3.10. The lowest BCUT2D eigenvalue weighted by Crippen LogP contribution is -2.17. The maximum Gasteiger partial charge on any atom is 0.273 e. The van der Waals surface area contributed by atoms with Crippen molar-refractivity contribution in [3.05, 3.63) is 65.9 Å². The van der Waals surface area contributed by atoms with E-state index in [1.807, 2.05) is 18.2 Å². The minimum atomic E-state index is -0.280. The lowest BCUT2D eigenvalue weighted by atomic mass is 10.1. The van der Waals surface area contributed by atoms with Crippen LogP contribution in [0.25, 0.3) is 10.9 Å². The number of nitrogens with zero attached hydrogens (tertiary/aromatic N) is 1. The van der Waals surface area contributed by atoms with Crippen LogP contribution in [0.3, 0.4) is 0 Å². The van der Waals surface area contributed by atoms with E-state index in [4.69, 9.17) is 0 Å². The normalized spacial score (nSPS) is 11.0. The molecule has 0 spiro atoms. The molecule has 0 bridgehead atoms. The van der Waals surface area contributed by atoms with Crippen molar-refractivity contribution in [1.82, 2.24) is 10.4 Å². The average Bonchev–Trinajstić information content (AvgIpc) is 2.97. The van der Waals surface area contributed by atoms with E-state index in [0.29, 0.717) is 5.56 Å². The minimum Gasteiger partial charge on any atom is -0.508 e. The van der Waals surface area contributed by atoms with Gasteiger partial charge in [-0.2, -0.15) is 5.10 Å². The minimum absolute atomic E-state index is 0.189. The Kier molecular flexibility index (Phi) is 3.39. The van der Waals surface area contributed by atoms with Gasteiger partial charge in [-0.3, -0.25) is 4.79 Å². The van der Waals surface area contributed by atoms with Gasteiger partial charge >= 0.3 is 0 Å². The maximum absolute atomic E-state index is 12.1. The summed E-state index contributed by atoms with van der Waals surface area (Å²) >= 11 is 0. The summed E-state index contributed by atoms with van der Waals surface area (Å²) in [5, 5.41) is 14.1. The zero-order chi connectivity index (χ0) is 14.7. The first kappa shape index (κ1) is 12.9. The number of benzene rings is 2. The lowest BCUT2D eigenvalue weighted by molar-refractivity contribution is 0.0956. The number of hydrogen-bond acceptors (Lipinski definition) is 3. The quantitative estimate of drug-likeness (QED) is 0.509. The van der Waals surface area contributed by atoms with Crippen LogP contribution < -0.4 is 5.43 Å². The number of amides is 1. The van der Waals surface area contributed by atoms with Crippen LogP contribution in [0.4, 0.5) is 0 Å². The van der Waals surface area contributed by atoms with Crippen molar-refractivity contribution in [2.24, 2.45) is 5.10 Å². The number of aromatic nitrogens is 1. The number of carbonyl (C=O) groups is 1. The molecule has 1 heterocycles. The summed E-state index contributed by atoms with van der Waals surface area (Å²) in [6.45, 7) is 0. The topological polar surface area (TPSA) is 77.5 Å². The molecule has 3 N–H and O–H groups in total. The molecule has 0 aliphatic carbocycles. The molecule has 0 atom stereocenters. The number of rotatable bonds is 3. The molecule has 2 aromatic carbocycles. The second kappa shape index (κ2) is 5.50. The van der Waals surface area contributed by atoms with Crippen LogP contribution in [0.15, 0.2) is 59.8 Å². The fourth-order valence-corrected chi connectivity index (χ4v) is 2.06. The standard InChI is InChI=1S/C16H13N3O2/c20-13-6-4-11(5-7-13)10-18-19-16(21)14-3-1-2-12-8-9-17-15(12)14/h1-10,17,20H,(H,19,21)/b18-10-. The first-order valence-electron chi connectivity index (χ1n) is 6.42. The Balaban J connectivity index is 1.74. The van der Waals surface area contributed by atoms with Gasteiger partial charge in [0.2, 0.25) is 0 Å². The van der Waals surface area contributed by atoms with Crippen LogP contribution in [-0.4, -0.2) is 22.2 Å². The molecule has 5 nitrogen and oxygen atoms in total. The summed E-state index contributed by atoms with van der Waals surface area (Å²) in [6.07, 6.45) is 3.31. The smallest absolute Gasteiger partial charge is 0.273 e. The van der Waals surface area contributed by atoms with E-state index in [1.165, 1.54) is 6.21 Å². The van der Waals surface area contributed by atoms with Gasteiger partial charge in [-0.1, -0.05) is 12.1 Å². The predicted octanol–water partition coefficient (Wildman–Crippen LogP) is 2.64. The fourth-order valence-electron chi connectivity index (χ4n) is 2.06. The van der Waals surface area contributed by atoms with E-state index in [0.717, 1.165) is 16.5 Å². The van der Waals surface area contributed by atoms with Crippen molar-refractivity contribution in [3.63, 3.8) is 0 Å². The van der Waals surface area contributed by atoms with Crippen molar-refractivity contribution in [2.75, 3.05) is 0 Å². The number of nitrogens with one attached hydrogen (secondary N) is 2. The van der Waals surface area contributed by atoms with Crippen molar-refractivity contribution in [1.29, 1.82) is 0 Å². The third kappa shape index (κ3) is 2.76. The molecular formula is C16H13N3O2. The van der Waals surface area contributed by atoms with Gasteiger partial charge in [0.1, 0.15) is 5.75 Å². The summed E-state index contributed by atoms with van der Waals surface area (Å²) in [5.74, 6) is -0.0901. The highest BCUT2D eigenvalue weighted by atomic mass is 16.3. The number of hydrazone groups is 1. The molecule has 0 radical (unpaired) electrons. The van der Waals surface area contributed by atoms with Crippen molar-refractivity contribution in [2.45, 2.75) is 0 Å². The van der Waals surface area contributed by atoms with Crippen molar-refractivity contribution in [3.8, 4) is 5.75 Å². The molecule has 21 heavy (non-hydrogen) atoms. The second-order valence-corrected chi connectivity index (χ2v) is 4.54. The molecule has 0 saturated carbocycles. The van der Waals surface area contributed by atoms with E-state index in [1.54, 1.807) is 36.5 Å². The largest absolute Gasteiger partial charge is 0.508 e. The molecule has 0 aliphatic rings. The Morgan fingerprint density at radius 1 is 1.14 bits per heavy atom. The molecule has 3 aromatic rings. The summed E-state index contributed by atoms with van der Waals surface area (Å²) < 4.78 is 0. The summed E-state index contributed by atoms with van der Waals surface area (Å²) in [7, 11) is 0. The monoisotopic (exact) mass is 279 g/mol. The Bertz CT molecular complexity index is 804. The second-order valence-electron chi connectivity index (χ2n) is 4.54. The maximum atomic E-state index is 12.1. The van der Waals surface area contributed by atoms with Gasteiger partial charge in [-0.15, -0.1) is 0 Å². The number of phenolic OH excluding ortho intramolecular Hbond substituents is 1. The Labute approximate surface area is 120 Å². The molecule has 104 valence electrons. The molecule has 0 unspecified atom stereocenters. The fraction of sp³-hybridized carbons (Fsp3) is 0. The Morgan fingerprint density at radius 3 is 2.76 bits per heavy atom. The predicted molar refractivity (Wildman–Crippen MR) is 81.5 cm³/mol. The molecule has 0 saturated heterocycles. The molecule has 0 fully saturated rings. The Morgan fingerprint density at radius 2 is 1.95 bits per heavy atom. The number of para-hydroxylation sites is 1. The van der Waals surface area contributed by atoms with Gasteiger partial charge in [0.25, 0.3) is 5.91 Å². The molecule has 1 amide bonds. The van der Waals surface area contributed by atoms with E-state index in [2.05, 4.69) is 15.5 Å². The van der Waals surface area contributed by atoms with Gasteiger partial charge in [0, 0.05) is 11.6 Å². The van der Waals surface area contributed by atoms with Gasteiger partial charge in [-0.05, 0) is 42.0 Å². The van der Waals surface area contributed by atoms with Crippen LogP contribution in [0.2, 0.25) is 0 Å². The highest BCUT2D eigenvalue weighted by Gasteiger charge is 2.09. The van der Waals surface area contributed by atoms with Crippen LogP contribution in [0, 0.1) is 0 Å². The van der Waals surface area contributed by atoms with Crippen molar-refractivity contribution < 1.29 is 9.90 Å². The number of aromatic amines is 1. The van der Waals surface area contributed by atoms with Gasteiger partial charge in [-0.25, -0.2) is 5.43 Å². The number of carbonyl (C=O) groups excluding carboxylic acids is 1. The highest BCUT2D eigenvalue weighted by Crippen LogP contribution is 2.16. The SMILES string of the molecule is O=C(N/N=C\c1ccc(O)cc1)c1cccc2cc[nH]c12. The summed E-state index contributed by atoms with van der Waals surface area (Å²) in [5.41, 5.74) is 4.60. The molecule has 0 aliphatic heterocycles. The van der Waals surface area contributed by atoms with E-state index in [-0.39, 0.29) is 11.7 Å². The van der Waals surface area contributed by atoms with Crippen LogP contribution in [0.1, 0.15) is 15.9 Å². The summed E-state index contributed by atoms with van der Waals surface area (Å²) in [4.78, 5) is 15.2. The average molecular weight is 279 g/mol. The summed E-state index contributed by atoms with van der Waals surface area (Å²) in [6, 6.07) is 13.9. The highest BCUT2D eigenvalue weighted by molar-refractivity contribution is 6.05. The number of fused-ring (bicyclic) bond motifs is 1.